The number of fused-ring (bicyclic) bond motifs is 2. The predicted octanol–water partition coefficient (Wildman–Crippen LogP) is 2.74. The van der Waals surface area contributed by atoms with Crippen molar-refractivity contribution in [3.05, 3.63) is 65.2 Å². The summed E-state index contributed by atoms with van der Waals surface area (Å²) in [5.74, 6) is 0.930. The number of urea groups is 1. The van der Waals surface area contributed by atoms with Crippen LogP contribution in [0, 0.1) is 0 Å². The van der Waals surface area contributed by atoms with E-state index in [-0.39, 0.29) is 12.1 Å². The average molecular weight is 365 g/mol. The molecule has 0 saturated carbocycles. The first-order valence-corrected chi connectivity index (χ1v) is 9.82. The molecule has 2 aliphatic heterocycles. The molecular formula is C22H27N3O2. The minimum atomic E-state index is -0.105. The topological polar surface area (TPSA) is 53.6 Å². The number of para-hydroxylation sites is 1. The molecular weight excluding hydrogens is 338 g/mol. The highest BCUT2D eigenvalue weighted by molar-refractivity contribution is 5.74. The summed E-state index contributed by atoms with van der Waals surface area (Å²) in [5.41, 5.74) is 4.06. The molecule has 2 N–H and O–H groups in total. The van der Waals surface area contributed by atoms with E-state index in [0.717, 1.165) is 50.2 Å². The van der Waals surface area contributed by atoms with Crippen molar-refractivity contribution in [1.29, 1.82) is 0 Å². The molecule has 4 rings (SSSR count). The molecule has 142 valence electrons. The van der Waals surface area contributed by atoms with Crippen LogP contribution >= 0.6 is 0 Å². The third kappa shape index (κ3) is 4.61. The molecule has 0 radical (unpaired) electrons. The van der Waals surface area contributed by atoms with Gasteiger partial charge in [-0.05, 0) is 42.0 Å². The van der Waals surface area contributed by atoms with Crippen LogP contribution in [0.15, 0.2) is 48.5 Å². The second-order valence-electron chi connectivity index (χ2n) is 7.37. The molecule has 0 bridgehead atoms. The Morgan fingerprint density at radius 1 is 1.07 bits per heavy atom. The van der Waals surface area contributed by atoms with E-state index in [4.69, 9.17) is 4.74 Å². The van der Waals surface area contributed by atoms with E-state index in [1.807, 2.05) is 18.2 Å². The quantitative estimate of drug-likeness (QED) is 0.801. The fraction of sp³-hybridized carbons (Fsp3) is 0.409. The van der Waals surface area contributed by atoms with Crippen molar-refractivity contribution in [2.75, 3.05) is 26.2 Å². The molecule has 2 aliphatic rings. The Labute approximate surface area is 160 Å². The highest BCUT2D eigenvalue weighted by atomic mass is 16.5. The van der Waals surface area contributed by atoms with Crippen LogP contribution in [-0.2, 0) is 19.4 Å². The number of nitrogens with zero attached hydrogens (tertiary/aromatic N) is 1. The van der Waals surface area contributed by atoms with Gasteiger partial charge in [-0.1, -0.05) is 42.5 Å². The van der Waals surface area contributed by atoms with Gasteiger partial charge in [0.05, 0.1) is 6.04 Å². The molecule has 27 heavy (non-hydrogen) atoms. The van der Waals surface area contributed by atoms with Crippen LogP contribution in [-0.4, -0.2) is 43.2 Å². The minimum Gasteiger partial charge on any atom is -0.491 e. The molecule has 1 atom stereocenters. The van der Waals surface area contributed by atoms with Gasteiger partial charge in [-0.3, -0.25) is 4.90 Å². The van der Waals surface area contributed by atoms with E-state index in [1.54, 1.807) is 0 Å². The Kier molecular flexibility index (Phi) is 5.58. The Morgan fingerprint density at radius 2 is 1.85 bits per heavy atom. The van der Waals surface area contributed by atoms with E-state index in [9.17, 15) is 4.79 Å². The first kappa shape index (κ1) is 17.9. The molecule has 1 unspecified atom stereocenters. The summed E-state index contributed by atoms with van der Waals surface area (Å²) in [6.07, 6.45) is 2.89. The van der Waals surface area contributed by atoms with Crippen molar-refractivity contribution < 1.29 is 9.53 Å². The van der Waals surface area contributed by atoms with Gasteiger partial charge < -0.3 is 15.4 Å². The maximum atomic E-state index is 12.1. The molecule has 5 nitrogen and oxygen atoms in total. The van der Waals surface area contributed by atoms with Crippen molar-refractivity contribution >= 4 is 6.03 Å². The maximum absolute atomic E-state index is 12.1. The molecule has 5 heteroatoms. The van der Waals surface area contributed by atoms with Crippen LogP contribution in [0.25, 0.3) is 0 Å². The third-order valence-corrected chi connectivity index (χ3v) is 5.36. The number of ether oxygens (including phenoxy) is 1. The Hall–Kier alpha value is -2.53. The van der Waals surface area contributed by atoms with Crippen molar-refractivity contribution in [2.45, 2.75) is 31.8 Å². The lowest BCUT2D eigenvalue weighted by Crippen LogP contribution is -2.47. The zero-order valence-electron chi connectivity index (χ0n) is 15.6. The lowest BCUT2D eigenvalue weighted by molar-refractivity contribution is 0.212. The first-order valence-electron chi connectivity index (χ1n) is 9.82. The van der Waals surface area contributed by atoms with Gasteiger partial charge in [-0.2, -0.15) is 0 Å². The predicted molar refractivity (Wildman–Crippen MR) is 106 cm³/mol. The summed E-state index contributed by atoms with van der Waals surface area (Å²) in [6.45, 7) is 4.34. The van der Waals surface area contributed by atoms with Crippen LogP contribution in [0.1, 0.15) is 23.1 Å². The number of carbonyl (C=O) groups is 1. The molecule has 0 saturated heterocycles. The maximum Gasteiger partial charge on any atom is 0.315 e. The number of carbonyl (C=O) groups excluding carboxylic acids is 1. The molecule has 0 fully saturated rings. The lowest BCUT2D eigenvalue weighted by atomic mass is 10.00. The lowest BCUT2D eigenvalue weighted by Gasteiger charge is -2.28. The van der Waals surface area contributed by atoms with Gasteiger partial charge in [0, 0.05) is 26.2 Å². The summed E-state index contributed by atoms with van der Waals surface area (Å²) in [6, 6.07) is 16.6. The summed E-state index contributed by atoms with van der Waals surface area (Å²) in [7, 11) is 0. The molecule has 2 aromatic rings. The summed E-state index contributed by atoms with van der Waals surface area (Å²) in [5, 5.41) is 6.00. The van der Waals surface area contributed by atoms with Crippen molar-refractivity contribution in [1.82, 2.24) is 15.5 Å². The van der Waals surface area contributed by atoms with E-state index in [2.05, 4.69) is 45.9 Å². The van der Waals surface area contributed by atoms with Crippen molar-refractivity contribution in [3.8, 4) is 5.75 Å². The Morgan fingerprint density at radius 3 is 2.74 bits per heavy atom. The number of hydrogen-bond donors (Lipinski definition) is 2. The highest BCUT2D eigenvalue weighted by Gasteiger charge is 2.21. The van der Waals surface area contributed by atoms with Gasteiger partial charge in [0.2, 0.25) is 0 Å². The average Bonchev–Trinajstić information content (AvgIpc) is 2.71. The number of nitrogens with one attached hydrogen (secondary N) is 2. The van der Waals surface area contributed by atoms with Gasteiger partial charge >= 0.3 is 6.03 Å². The molecule has 0 aromatic heterocycles. The molecule has 2 heterocycles. The summed E-state index contributed by atoms with van der Waals surface area (Å²) in [4.78, 5) is 14.6. The fourth-order valence-electron chi connectivity index (χ4n) is 3.91. The van der Waals surface area contributed by atoms with Crippen LogP contribution in [0.4, 0.5) is 4.79 Å². The van der Waals surface area contributed by atoms with Crippen LogP contribution < -0.4 is 15.4 Å². The second-order valence-corrected chi connectivity index (χ2v) is 7.37. The second kappa shape index (κ2) is 8.44. The van der Waals surface area contributed by atoms with Gasteiger partial charge in [0.1, 0.15) is 12.4 Å². The van der Waals surface area contributed by atoms with Crippen LogP contribution in [0.5, 0.6) is 5.75 Å². The van der Waals surface area contributed by atoms with E-state index in [0.29, 0.717) is 13.2 Å². The highest BCUT2D eigenvalue weighted by Crippen LogP contribution is 2.23. The van der Waals surface area contributed by atoms with Crippen LogP contribution in [0.2, 0.25) is 0 Å². The largest absolute Gasteiger partial charge is 0.491 e. The number of rotatable bonds is 5. The SMILES string of the molecule is O=C(NCCCN1CCc2ccccc2C1)NC1COc2ccccc2C1. The fourth-order valence-corrected chi connectivity index (χ4v) is 3.91. The zero-order valence-corrected chi connectivity index (χ0v) is 15.6. The molecule has 0 aliphatic carbocycles. The van der Waals surface area contributed by atoms with Gasteiger partial charge in [0.25, 0.3) is 0 Å². The van der Waals surface area contributed by atoms with Gasteiger partial charge in [0.15, 0.2) is 0 Å². The zero-order chi connectivity index (χ0) is 18.5. The molecule has 2 aromatic carbocycles. The first-order chi connectivity index (χ1) is 13.3. The third-order valence-electron chi connectivity index (χ3n) is 5.36. The van der Waals surface area contributed by atoms with Crippen LogP contribution in [0.3, 0.4) is 0 Å². The monoisotopic (exact) mass is 365 g/mol. The van der Waals surface area contributed by atoms with Gasteiger partial charge in [-0.25, -0.2) is 4.79 Å². The van der Waals surface area contributed by atoms with E-state index in [1.165, 1.54) is 11.1 Å². The van der Waals surface area contributed by atoms with Gasteiger partial charge in [-0.15, -0.1) is 0 Å². The normalized spacial score (nSPS) is 18.7. The van der Waals surface area contributed by atoms with Crippen molar-refractivity contribution in [2.24, 2.45) is 0 Å². The summed E-state index contributed by atoms with van der Waals surface area (Å²) >= 11 is 0. The number of benzene rings is 2. The minimum absolute atomic E-state index is 0.0264. The number of amides is 2. The number of hydrogen-bond acceptors (Lipinski definition) is 3. The standard InChI is InChI=1S/C22H27N3O2/c26-22(24-20-14-18-7-3-4-9-21(18)27-16-20)23-11-5-12-25-13-10-17-6-1-2-8-19(17)15-25/h1-4,6-9,20H,5,10-16H2,(H2,23,24,26). The van der Waals surface area contributed by atoms with E-state index < -0.39 is 0 Å². The Bertz CT molecular complexity index is 793. The molecule has 0 spiro atoms. The Balaban J connectivity index is 1.15. The van der Waals surface area contributed by atoms with Crippen molar-refractivity contribution in [3.63, 3.8) is 0 Å². The smallest absolute Gasteiger partial charge is 0.315 e. The molecule has 2 amide bonds. The van der Waals surface area contributed by atoms with E-state index >= 15 is 0 Å². The summed E-state index contributed by atoms with van der Waals surface area (Å²) < 4.78 is 5.72.